The van der Waals surface area contributed by atoms with Gasteiger partial charge >= 0.3 is 0 Å². The largest absolute Gasteiger partial charge is 0.504 e. The van der Waals surface area contributed by atoms with Crippen LogP contribution in [0.1, 0.15) is 36.0 Å². The standard InChI is InChI=1S/C13H15NO3/c1-8-9(2)12(17)11(16)6-10(8)13(14-7-15)4-3-5-13/h6,16-17H,3-5H2,1-2H3. The third-order valence-corrected chi connectivity index (χ3v) is 3.79. The van der Waals surface area contributed by atoms with Gasteiger partial charge in [-0.2, -0.15) is 4.99 Å². The van der Waals surface area contributed by atoms with Crippen LogP contribution in [0.3, 0.4) is 0 Å². The summed E-state index contributed by atoms with van der Waals surface area (Å²) in [4.78, 5) is 14.4. The fraction of sp³-hybridized carbons (Fsp3) is 0.462. The van der Waals surface area contributed by atoms with E-state index in [1.54, 1.807) is 13.0 Å². The fourth-order valence-corrected chi connectivity index (χ4v) is 2.41. The van der Waals surface area contributed by atoms with E-state index in [1.807, 2.05) is 6.92 Å². The van der Waals surface area contributed by atoms with E-state index in [-0.39, 0.29) is 11.5 Å². The van der Waals surface area contributed by atoms with Gasteiger partial charge in [-0.15, -0.1) is 0 Å². The molecule has 1 fully saturated rings. The molecular formula is C13H15NO3. The Hall–Kier alpha value is -1.80. The van der Waals surface area contributed by atoms with Crippen LogP contribution in [0.25, 0.3) is 0 Å². The van der Waals surface area contributed by atoms with Crippen LogP contribution < -0.4 is 0 Å². The van der Waals surface area contributed by atoms with Crippen molar-refractivity contribution in [3.05, 3.63) is 22.8 Å². The van der Waals surface area contributed by atoms with E-state index in [2.05, 4.69) is 4.99 Å². The molecule has 0 amide bonds. The van der Waals surface area contributed by atoms with E-state index in [1.165, 1.54) is 6.07 Å². The SMILES string of the molecule is Cc1c(C2(N=C=O)CCC2)cc(O)c(O)c1C. The van der Waals surface area contributed by atoms with Crippen molar-refractivity contribution in [2.45, 2.75) is 38.6 Å². The Labute approximate surface area is 99.6 Å². The Balaban J connectivity index is 2.63. The summed E-state index contributed by atoms with van der Waals surface area (Å²) < 4.78 is 0. The molecule has 2 rings (SSSR count). The van der Waals surface area contributed by atoms with E-state index in [4.69, 9.17) is 0 Å². The van der Waals surface area contributed by atoms with Crippen molar-refractivity contribution in [2.24, 2.45) is 4.99 Å². The van der Waals surface area contributed by atoms with Crippen LogP contribution in [0, 0.1) is 13.8 Å². The van der Waals surface area contributed by atoms with Crippen molar-refractivity contribution < 1.29 is 15.0 Å². The molecule has 4 heteroatoms. The molecule has 90 valence electrons. The number of hydrogen-bond donors (Lipinski definition) is 2. The first-order chi connectivity index (χ1) is 8.02. The maximum atomic E-state index is 10.5. The molecule has 0 unspecified atom stereocenters. The summed E-state index contributed by atoms with van der Waals surface area (Å²) in [5.41, 5.74) is 1.79. The zero-order chi connectivity index (χ0) is 12.6. The molecule has 4 nitrogen and oxygen atoms in total. The second-order valence-electron chi connectivity index (χ2n) is 4.63. The van der Waals surface area contributed by atoms with E-state index in [0.717, 1.165) is 30.4 Å². The molecule has 2 N–H and O–H groups in total. The molecule has 0 heterocycles. The summed E-state index contributed by atoms with van der Waals surface area (Å²) in [5, 5.41) is 19.3. The number of nitrogens with zero attached hydrogens (tertiary/aromatic N) is 1. The zero-order valence-electron chi connectivity index (χ0n) is 9.95. The van der Waals surface area contributed by atoms with Crippen molar-refractivity contribution in [3.63, 3.8) is 0 Å². The molecule has 1 saturated carbocycles. The molecule has 1 aromatic carbocycles. The first-order valence-corrected chi connectivity index (χ1v) is 5.63. The van der Waals surface area contributed by atoms with Crippen LogP contribution in [0.4, 0.5) is 0 Å². The van der Waals surface area contributed by atoms with Crippen LogP contribution >= 0.6 is 0 Å². The number of benzene rings is 1. The average molecular weight is 233 g/mol. The summed E-state index contributed by atoms with van der Waals surface area (Å²) in [6.07, 6.45) is 4.19. The van der Waals surface area contributed by atoms with Gasteiger partial charge in [-0.1, -0.05) is 0 Å². The fourth-order valence-electron chi connectivity index (χ4n) is 2.41. The second-order valence-corrected chi connectivity index (χ2v) is 4.63. The summed E-state index contributed by atoms with van der Waals surface area (Å²) in [6.45, 7) is 3.61. The summed E-state index contributed by atoms with van der Waals surface area (Å²) >= 11 is 0. The summed E-state index contributed by atoms with van der Waals surface area (Å²) in [7, 11) is 0. The van der Waals surface area contributed by atoms with Crippen LogP contribution in [0.15, 0.2) is 11.1 Å². The quantitative estimate of drug-likeness (QED) is 0.468. The van der Waals surface area contributed by atoms with Crippen LogP contribution in [0.5, 0.6) is 11.5 Å². The minimum absolute atomic E-state index is 0.101. The Morgan fingerprint density at radius 2 is 1.94 bits per heavy atom. The third kappa shape index (κ3) is 1.61. The summed E-state index contributed by atoms with van der Waals surface area (Å²) in [6, 6.07) is 1.51. The minimum Gasteiger partial charge on any atom is -0.504 e. The molecule has 0 aromatic heterocycles. The molecule has 17 heavy (non-hydrogen) atoms. The lowest BCUT2D eigenvalue weighted by atomic mass is 9.70. The lowest BCUT2D eigenvalue weighted by Crippen LogP contribution is -2.32. The molecule has 0 aliphatic heterocycles. The van der Waals surface area contributed by atoms with Gasteiger partial charge in [-0.25, -0.2) is 4.79 Å². The van der Waals surface area contributed by atoms with Crippen molar-refractivity contribution in [2.75, 3.05) is 0 Å². The van der Waals surface area contributed by atoms with Crippen molar-refractivity contribution in [1.82, 2.24) is 0 Å². The van der Waals surface area contributed by atoms with Gasteiger partial charge in [0.15, 0.2) is 11.5 Å². The van der Waals surface area contributed by atoms with E-state index < -0.39 is 5.54 Å². The Kier molecular flexibility index (Phi) is 2.68. The molecule has 1 aliphatic carbocycles. The van der Waals surface area contributed by atoms with Crippen molar-refractivity contribution in [1.29, 1.82) is 0 Å². The maximum absolute atomic E-state index is 10.5. The average Bonchev–Trinajstić information content (AvgIpc) is 2.26. The second kappa shape index (κ2) is 3.90. The van der Waals surface area contributed by atoms with Crippen LogP contribution in [-0.4, -0.2) is 16.3 Å². The number of isocyanates is 1. The summed E-state index contributed by atoms with van der Waals surface area (Å²) in [5.74, 6) is -0.258. The molecule has 0 bridgehead atoms. The maximum Gasteiger partial charge on any atom is 0.235 e. The van der Waals surface area contributed by atoms with Crippen LogP contribution in [-0.2, 0) is 10.3 Å². The highest BCUT2D eigenvalue weighted by Crippen LogP contribution is 2.48. The predicted molar refractivity (Wildman–Crippen MR) is 62.9 cm³/mol. The normalized spacial score (nSPS) is 17.1. The van der Waals surface area contributed by atoms with E-state index >= 15 is 0 Å². The van der Waals surface area contributed by atoms with Gasteiger partial charge in [-0.3, -0.25) is 0 Å². The number of rotatable bonds is 2. The van der Waals surface area contributed by atoms with Gasteiger partial charge < -0.3 is 10.2 Å². The topological polar surface area (TPSA) is 69.9 Å². The Morgan fingerprint density at radius 3 is 2.41 bits per heavy atom. The number of carbonyl (C=O) groups excluding carboxylic acids is 1. The molecule has 1 aromatic rings. The third-order valence-electron chi connectivity index (χ3n) is 3.79. The van der Waals surface area contributed by atoms with E-state index in [0.29, 0.717) is 5.56 Å². The highest BCUT2D eigenvalue weighted by atomic mass is 16.3. The monoisotopic (exact) mass is 233 g/mol. The Bertz CT molecular complexity index is 512. The molecule has 1 aliphatic rings. The number of hydrogen-bond acceptors (Lipinski definition) is 4. The number of aromatic hydroxyl groups is 2. The minimum atomic E-state index is -0.540. The smallest absolute Gasteiger partial charge is 0.235 e. The highest BCUT2D eigenvalue weighted by molar-refractivity contribution is 5.55. The molecule has 0 saturated heterocycles. The van der Waals surface area contributed by atoms with E-state index in [9.17, 15) is 15.0 Å². The first-order valence-electron chi connectivity index (χ1n) is 5.63. The molecule has 0 radical (unpaired) electrons. The molecular weight excluding hydrogens is 218 g/mol. The highest BCUT2D eigenvalue weighted by Gasteiger charge is 2.40. The van der Waals surface area contributed by atoms with Gasteiger partial charge in [0.2, 0.25) is 6.08 Å². The van der Waals surface area contributed by atoms with Gasteiger partial charge in [0, 0.05) is 0 Å². The van der Waals surface area contributed by atoms with Crippen molar-refractivity contribution >= 4 is 6.08 Å². The molecule has 0 atom stereocenters. The molecule has 0 spiro atoms. The number of aliphatic imine (C=N–C) groups is 1. The van der Waals surface area contributed by atoms with Gasteiger partial charge in [0.1, 0.15) is 0 Å². The zero-order valence-corrected chi connectivity index (χ0v) is 9.95. The number of phenols is 2. The lowest BCUT2D eigenvalue weighted by molar-refractivity contribution is 0.253. The first kappa shape index (κ1) is 11.7. The predicted octanol–water partition coefficient (Wildman–Crippen LogP) is 2.43. The van der Waals surface area contributed by atoms with Gasteiger partial charge in [0.25, 0.3) is 0 Å². The van der Waals surface area contributed by atoms with Crippen LogP contribution in [0.2, 0.25) is 0 Å². The van der Waals surface area contributed by atoms with Gasteiger partial charge in [-0.05, 0) is 55.9 Å². The van der Waals surface area contributed by atoms with Crippen molar-refractivity contribution in [3.8, 4) is 11.5 Å². The van der Waals surface area contributed by atoms with Gasteiger partial charge in [0.05, 0.1) is 5.54 Å². The Morgan fingerprint density at radius 1 is 1.29 bits per heavy atom. The lowest BCUT2D eigenvalue weighted by Gasteiger charge is -2.38. The number of phenolic OH excluding ortho intramolecular Hbond substituents is 2.